The van der Waals surface area contributed by atoms with Crippen LogP contribution in [0.2, 0.25) is 0 Å². The minimum absolute atomic E-state index is 0.0725. The van der Waals surface area contributed by atoms with E-state index in [9.17, 15) is 14.4 Å². The molecule has 3 rings (SSSR count). The summed E-state index contributed by atoms with van der Waals surface area (Å²) in [5.74, 6) is -1.57. The van der Waals surface area contributed by atoms with Crippen molar-refractivity contribution < 1.29 is 14.3 Å². The number of esters is 1. The number of primary amides is 1. The van der Waals surface area contributed by atoms with Gasteiger partial charge in [0.2, 0.25) is 5.91 Å². The van der Waals surface area contributed by atoms with E-state index in [1.807, 2.05) is 0 Å². The van der Waals surface area contributed by atoms with Crippen molar-refractivity contribution in [2.24, 2.45) is 5.73 Å². The third-order valence-corrected chi connectivity index (χ3v) is 3.51. The molecule has 0 fully saturated rings. The second-order valence-corrected chi connectivity index (χ2v) is 5.27. The first-order valence-corrected chi connectivity index (χ1v) is 7.47. The Balaban J connectivity index is 1.96. The maximum absolute atomic E-state index is 12.6. The van der Waals surface area contributed by atoms with Crippen LogP contribution in [-0.4, -0.2) is 31.4 Å². The Morgan fingerprint density at radius 1 is 1.15 bits per heavy atom. The van der Waals surface area contributed by atoms with Gasteiger partial charge in [0, 0.05) is 12.4 Å². The molecule has 0 radical (unpaired) electrons. The molecular weight excluding hydrogens is 340 g/mol. The van der Waals surface area contributed by atoms with E-state index in [1.165, 1.54) is 12.4 Å². The van der Waals surface area contributed by atoms with Crippen molar-refractivity contribution in [1.82, 2.24) is 19.5 Å². The molecule has 10 heteroatoms. The zero-order chi connectivity index (χ0) is 18.7. The van der Waals surface area contributed by atoms with Gasteiger partial charge in [-0.1, -0.05) is 12.1 Å². The summed E-state index contributed by atoms with van der Waals surface area (Å²) in [5, 5.41) is 0.321. The SMILES string of the molecule is NC(=O)Cn1c(COC(=O)c2nccnc2N)nc2ccccc2c1=O. The Kier molecular flexibility index (Phi) is 4.56. The molecule has 2 aromatic heterocycles. The van der Waals surface area contributed by atoms with E-state index in [0.29, 0.717) is 10.9 Å². The van der Waals surface area contributed by atoms with Crippen LogP contribution in [0, 0.1) is 0 Å². The summed E-state index contributed by atoms with van der Waals surface area (Å²) in [6.07, 6.45) is 2.63. The third kappa shape index (κ3) is 3.34. The second kappa shape index (κ2) is 6.97. The van der Waals surface area contributed by atoms with E-state index in [2.05, 4.69) is 15.0 Å². The van der Waals surface area contributed by atoms with Gasteiger partial charge < -0.3 is 16.2 Å². The van der Waals surface area contributed by atoms with Gasteiger partial charge >= 0.3 is 5.97 Å². The van der Waals surface area contributed by atoms with Crippen LogP contribution in [0.15, 0.2) is 41.5 Å². The maximum Gasteiger partial charge on any atom is 0.361 e. The van der Waals surface area contributed by atoms with Crippen molar-refractivity contribution >= 4 is 28.6 Å². The Labute approximate surface area is 146 Å². The molecule has 1 amide bonds. The van der Waals surface area contributed by atoms with Crippen molar-refractivity contribution in [2.45, 2.75) is 13.2 Å². The number of nitrogen functional groups attached to an aromatic ring is 1. The van der Waals surface area contributed by atoms with Crippen LogP contribution < -0.4 is 17.0 Å². The number of carbonyl (C=O) groups excluding carboxylic acids is 2. The van der Waals surface area contributed by atoms with E-state index < -0.39 is 24.0 Å². The van der Waals surface area contributed by atoms with E-state index in [0.717, 1.165) is 4.57 Å². The number of carbonyl (C=O) groups is 2. The molecule has 0 aliphatic heterocycles. The average Bonchev–Trinajstić information content (AvgIpc) is 2.62. The molecule has 26 heavy (non-hydrogen) atoms. The number of para-hydroxylation sites is 1. The number of anilines is 1. The van der Waals surface area contributed by atoms with Crippen molar-refractivity contribution in [1.29, 1.82) is 0 Å². The Hall–Kier alpha value is -3.82. The van der Waals surface area contributed by atoms with Gasteiger partial charge in [-0.25, -0.2) is 19.7 Å². The van der Waals surface area contributed by atoms with Gasteiger partial charge in [0.25, 0.3) is 5.56 Å². The number of hydrogen-bond acceptors (Lipinski definition) is 8. The number of ether oxygens (including phenoxy) is 1. The average molecular weight is 354 g/mol. The predicted octanol–water partition coefficient (Wildman–Crippen LogP) is -0.389. The number of nitrogens with two attached hydrogens (primary N) is 2. The molecule has 4 N–H and O–H groups in total. The van der Waals surface area contributed by atoms with Gasteiger partial charge in [-0.3, -0.25) is 14.2 Å². The summed E-state index contributed by atoms with van der Waals surface area (Å²) in [6.45, 7) is -0.765. The molecule has 3 aromatic rings. The summed E-state index contributed by atoms with van der Waals surface area (Å²) >= 11 is 0. The number of aromatic nitrogens is 4. The first-order valence-electron chi connectivity index (χ1n) is 7.47. The summed E-state index contributed by atoms with van der Waals surface area (Å²) in [5.41, 5.74) is 10.6. The summed E-state index contributed by atoms with van der Waals surface area (Å²) < 4.78 is 6.19. The van der Waals surface area contributed by atoms with Gasteiger partial charge in [0.15, 0.2) is 17.3 Å². The lowest BCUT2D eigenvalue weighted by Gasteiger charge is -2.12. The van der Waals surface area contributed by atoms with Crippen LogP contribution in [-0.2, 0) is 22.7 Å². The Bertz CT molecular complexity index is 1060. The second-order valence-electron chi connectivity index (χ2n) is 5.27. The van der Waals surface area contributed by atoms with Crippen molar-refractivity contribution in [2.75, 3.05) is 5.73 Å². The van der Waals surface area contributed by atoms with Crippen LogP contribution in [0.1, 0.15) is 16.3 Å². The topological polar surface area (TPSA) is 156 Å². The Morgan fingerprint density at radius 2 is 1.88 bits per heavy atom. The van der Waals surface area contributed by atoms with Crippen LogP contribution in [0.25, 0.3) is 10.9 Å². The standard InChI is InChI=1S/C16H14N6O4/c17-11(23)7-22-12(21-10-4-2-1-3-9(10)15(22)24)8-26-16(25)13-14(18)20-6-5-19-13/h1-6H,7-8H2,(H2,17,23)(H2,18,20). The molecule has 132 valence electrons. The number of nitrogens with zero attached hydrogens (tertiary/aromatic N) is 4. The minimum atomic E-state index is -0.830. The normalized spacial score (nSPS) is 10.6. The lowest BCUT2D eigenvalue weighted by atomic mass is 10.2. The van der Waals surface area contributed by atoms with Gasteiger partial charge in [-0.2, -0.15) is 0 Å². The van der Waals surface area contributed by atoms with Crippen molar-refractivity contribution in [3.05, 3.63) is 58.5 Å². The number of hydrogen-bond donors (Lipinski definition) is 2. The predicted molar refractivity (Wildman–Crippen MR) is 90.8 cm³/mol. The highest BCUT2D eigenvalue weighted by Crippen LogP contribution is 2.11. The smallest absolute Gasteiger partial charge is 0.361 e. The Morgan fingerprint density at radius 3 is 2.62 bits per heavy atom. The highest BCUT2D eigenvalue weighted by molar-refractivity contribution is 5.91. The van der Waals surface area contributed by atoms with E-state index in [1.54, 1.807) is 24.3 Å². The van der Waals surface area contributed by atoms with Gasteiger partial charge in [-0.15, -0.1) is 0 Å². The van der Waals surface area contributed by atoms with E-state index >= 15 is 0 Å². The molecule has 0 saturated carbocycles. The molecular formula is C16H14N6O4. The van der Waals surface area contributed by atoms with Crippen LogP contribution in [0.5, 0.6) is 0 Å². The lowest BCUT2D eigenvalue weighted by molar-refractivity contribution is -0.118. The summed E-state index contributed by atoms with van der Waals surface area (Å²) in [4.78, 5) is 47.8. The number of rotatable bonds is 5. The molecule has 0 aliphatic rings. The highest BCUT2D eigenvalue weighted by atomic mass is 16.5. The monoisotopic (exact) mass is 354 g/mol. The molecule has 0 aliphatic carbocycles. The molecule has 0 bridgehead atoms. The molecule has 1 aromatic carbocycles. The molecule has 0 atom stereocenters. The zero-order valence-electron chi connectivity index (χ0n) is 13.5. The number of fused-ring (bicyclic) bond motifs is 1. The number of benzene rings is 1. The van der Waals surface area contributed by atoms with Crippen LogP contribution in [0.4, 0.5) is 5.82 Å². The largest absolute Gasteiger partial charge is 0.453 e. The molecule has 0 spiro atoms. The highest BCUT2D eigenvalue weighted by Gasteiger charge is 2.17. The molecule has 0 saturated heterocycles. The first kappa shape index (κ1) is 17.0. The fourth-order valence-electron chi connectivity index (χ4n) is 2.35. The summed E-state index contributed by atoms with van der Waals surface area (Å²) in [7, 11) is 0. The van der Waals surface area contributed by atoms with Crippen LogP contribution in [0.3, 0.4) is 0 Å². The zero-order valence-corrected chi connectivity index (χ0v) is 13.5. The number of amides is 1. The van der Waals surface area contributed by atoms with Crippen LogP contribution >= 0.6 is 0 Å². The van der Waals surface area contributed by atoms with E-state index in [-0.39, 0.29) is 23.9 Å². The quantitative estimate of drug-likeness (QED) is 0.587. The fourth-order valence-corrected chi connectivity index (χ4v) is 2.35. The molecule has 0 unspecified atom stereocenters. The first-order chi connectivity index (χ1) is 12.5. The third-order valence-electron chi connectivity index (χ3n) is 3.51. The lowest BCUT2D eigenvalue weighted by Crippen LogP contribution is -2.32. The minimum Gasteiger partial charge on any atom is -0.453 e. The van der Waals surface area contributed by atoms with Crippen molar-refractivity contribution in [3.63, 3.8) is 0 Å². The molecule has 2 heterocycles. The molecule has 10 nitrogen and oxygen atoms in total. The maximum atomic E-state index is 12.6. The summed E-state index contributed by atoms with van der Waals surface area (Å²) in [6, 6.07) is 6.61. The van der Waals surface area contributed by atoms with Gasteiger partial charge in [0.05, 0.1) is 10.9 Å². The van der Waals surface area contributed by atoms with Crippen molar-refractivity contribution in [3.8, 4) is 0 Å². The fraction of sp³-hybridized carbons (Fsp3) is 0.125. The van der Waals surface area contributed by atoms with E-state index in [4.69, 9.17) is 16.2 Å². The van der Waals surface area contributed by atoms with Gasteiger partial charge in [0.1, 0.15) is 13.2 Å². The van der Waals surface area contributed by atoms with Gasteiger partial charge in [-0.05, 0) is 12.1 Å².